The van der Waals surface area contributed by atoms with E-state index in [2.05, 4.69) is 34.5 Å². The second-order valence-corrected chi connectivity index (χ2v) is 6.82. The third-order valence-corrected chi connectivity index (χ3v) is 4.67. The van der Waals surface area contributed by atoms with E-state index in [0.717, 1.165) is 44.9 Å². The SMILES string of the molecule is Cc1ccc(OCC(=O)NCCCc2ccc(N3CCOCC3)cc2)cc1. The lowest BCUT2D eigenvalue weighted by Crippen LogP contribution is -2.36. The highest BCUT2D eigenvalue weighted by Gasteiger charge is 2.10. The Morgan fingerprint density at radius 2 is 1.78 bits per heavy atom. The van der Waals surface area contributed by atoms with Crippen molar-refractivity contribution in [3.05, 3.63) is 59.7 Å². The maximum Gasteiger partial charge on any atom is 0.257 e. The van der Waals surface area contributed by atoms with Gasteiger partial charge in [0.15, 0.2) is 6.61 Å². The molecule has 1 fully saturated rings. The summed E-state index contributed by atoms with van der Waals surface area (Å²) in [7, 11) is 0. The third-order valence-electron chi connectivity index (χ3n) is 4.67. The molecule has 0 bridgehead atoms. The van der Waals surface area contributed by atoms with Gasteiger partial charge in [0.25, 0.3) is 5.91 Å². The molecular weight excluding hydrogens is 340 g/mol. The smallest absolute Gasteiger partial charge is 0.257 e. The summed E-state index contributed by atoms with van der Waals surface area (Å²) < 4.78 is 10.9. The minimum atomic E-state index is -0.0850. The highest BCUT2D eigenvalue weighted by molar-refractivity contribution is 5.77. The Hall–Kier alpha value is -2.53. The van der Waals surface area contributed by atoms with Crippen molar-refractivity contribution in [2.45, 2.75) is 19.8 Å². The quantitative estimate of drug-likeness (QED) is 0.728. The molecule has 1 heterocycles. The maximum atomic E-state index is 11.9. The van der Waals surface area contributed by atoms with E-state index < -0.39 is 0 Å². The van der Waals surface area contributed by atoms with Crippen molar-refractivity contribution in [2.75, 3.05) is 44.4 Å². The van der Waals surface area contributed by atoms with E-state index in [-0.39, 0.29) is 12.5 Å². The summed E-state index contributed by atoms with van der Waals surface area (Å²) in [6, 6.07) is 16.4. The van der Waals surface area contributed by atoms with E-state index in [1.54, 1.807) is 0 Å². The molecule has 1 aliphatic rings. The normalized spacial score (nSPS) is 14.0. The molecule has 0 saturated carbocycles. The van der Waals surface area contributed by atoms with Crippen LogP contribution in [-0.4, -0.2) is 45.4 Å². The molecular formula is C22H28N2O3. The average molecular weight is 368 g/mol. The summed E-state index contributed by atoms with van der Waals surface area (Å²) in [5.74, 6) is 0.634. The molecule has 144 valence electrons. The molecule has 0 aromatic heterocycles. The van der Waals surface area contributed by atoms with E-state index in [0.29, 0.717) is 6.54 Å². The lowest BCUT2D eigenvalue weighted by molar-refractivity contribution is -0.123. The van der Waals surface area contributed by atoms with Crippen LogP contribution in [0, 0.1) is 6.92 Å². The molecule has 0 unspecified atom stereocenters. The fourth-order valence-corrected chi connectivity index (χ4v) is 3.05. The second kappa shape index (κ2) is 9.97. The Morgan fingerprint density at radius 3 is 2.48 bits per heavy atom. The summed E-state index contributed by atoms with van der Waals surface area (Å²) in [4.78, 5) is 14.2. The van der Waals surface area contributed by atoms with Gasteiger partial charge in [-0.2, -0.15) is 0 Å². The van der Waals surface area contributed by atoms with Crippen molar-refractivity contribution in [3.63, 3.8) is 0 Å². The van der Waals surface area contributed by atoms with Crippen LogP contribution in [0.4, 0.5) is 5.69 Å². The van der Waals surface area contributed by atoms with Crippen LogP contribution in [-0.2, 0) is 16.0 Å². The van der Waals surface area contributed by atoms with E-state index in [9.17, 15) is 4.79 Å². The highest BCUT2D eigenvalue weighted by Crippen LogP contribution is 2.17. The van der Waals surface area contributed by atoms with Crippen LogP contribution in [0.1, 0.15) is 17.5 Å². The number of hydrogen-bond donors (Lipinski definition) is 1. The first-order chi connectivity index (χ1) is 13.2. The number of aryl methyl sites for hydroxylation is 2. The van der Waals surface area contributed by atoms with Gasteiger partial charge in [-0.05, 0) is 49.6 Å². The van der Waals surface area contributed by atoms with Gasteiger partial charge in [-0.3, -0.25) is 4.79 Å². The lowest BCUT2D eigenvalue weighted by atomic mass is 10.1. The molecule has 1 N–H and O–H groups in total. The van der Waals surface area contributed by atoms with E-state index >= 15 is 0 Å². The van der Waals surface area contributed by atoms with Gasteiger partial charge >= 0.3 is 0 Å². The van der Waals surface area contributed by atoms with Crippen molar-refractivity contribution in [1.82, 2.24) is 5.32 Å². The van der Waals surface area contributed by atoms with Crippen LogP contribution in [0.3, 0.4) is 0 Å². The van der Waals surface area contributed by atoms with E-state index in [1.807, 2.05) is 31.2 Å². The van der Waals surface area contributed by atoms with Crippen molar-refractivity contribution in [1.29, 1.82) is 0 Å². The van der Waals surface area contributed by atoms with Crippen LogP contribution >= 0.6 is 0 Å². The van der Waals surface area contributed by atoms with Crippen molar-refractivity contribution >= 4 is 11.6 Å². The Labute approximate surface area is 161 Å². The van der Waals surface area contributed by atoms with Crippen molar-refractivity contribution in [2.24, 2.45) is 0 Å². The Morgan fingerprint density at radius 1 is 1.07 bits per heavy atom. The Kier molecular flexibility index (Phi) is 7.11. The fraction of sp³-hybridized carbons (Fsp3) is 0.409. The molecule has 0 aliphatic carbocycles. The van der Waals surface area contributed by atoms with Gasteiger partial charge in [-0.1, -0.05) is 29.8 Å². The first-order valence-electron chi connectivity index (χ1n) is 9.58. The average Bonchev–Trinajstić information content (AvgIpc) is 2.72. The predicted octanol–water partition coefficient (Wildman–Crippen LogP) is 2.96. The van der Waals surface area contributed by atoms with Gasteiger partial charge in [0.05, 0.1) is 13.2 Å². The molecule has 1 aliphatic heterocycles. The van der Waals surface area contributed by atoms with Crippen LogP contribution in [0.2, 0.25) is 0 Å². The number of amides is 1. The molecule has 0 atom stereocenters. The van der Waals surface area contributed by atoms with Gasteiger partial charge in [-0.15, -0.1) is 0 Å². The Bertz CT molecular complexity index is 707. The molecule has 0 spiro atoms. The molecule has 2 aromatic carbocycles. The number of nitrogens with one attached hydrogen (secondary N) is 1. The topological polar surface area (TPSA) is 50.8 Å². The maximum absolute atomic E-state index is 11.9. The summed E-state index contributed by atoms with van der Waals surface area (Å²) >= 11 is 0. The second-order valence-electron chi connectivity index (χ2n) is 6.82. The molecule has 1 saturated heterocycles. The number of hydrogen-bond acceptors (Lipinski definition) is 4. The number of benzene rings is 2. The minimum Gasteiger partial charge on any atom is -0.484 e. The molecule has 2 aromatic rings. The largest absolute Gasteiger partial charge is 0.484 e. The van der Waals surface area contributed by atoms with Gasteiger partial charge in [-0.25, -0.2) is 0 Å². The molecule has 0 radical (unpaired) electrons. The summed E-state index contributed by atoms with van der Waals surface area (Å²) in [6.07, 6.45) is 1.86. The zero-order chi connectivity index (χ0) is 18.9. The standard InChI is InChI=1S/C22H28N2O3/c1-18-4-10-21(11-5-18)27-17-22(25)23-12-2-3-19-6-8-20(9-7-19)24-13-15-26-16-14-24/h4-11H,2-3,12-17H2,1H3,(H,23,25). The van der Waals surface area contributed by atoms with Gasteiger partial charge in [0.2, 0.25) is 0 Å². The predicted molar refractivity (Wildman–Crippen MR) is 107 cm³/mol. The number of anilines is 1. The molecule has 5 heteroatoms. The summed E-state index contributed by atoms with van der Waals surface area (Å²) in [5, 5.41) is 2.91. The summed E-state index contributed by atoms with van der Waals surface area (Å²) in [5.41, 5.74) is 3.71. The monoisotopic (exact) mass is 368 g/mol. The zero-order valence-electron chi connectivity index (χ0n) is 15.9. The molecule has 27 heavy (non-hydrogen) atoms. The zero-order valence-corrected chi connectivity index (χ0v) is 15.9. The highest BCUT2D eigenvalue weighted by atomic mass is 16.5. The van der Waals surface area contributed by atoms with Crippen molar-refractivity contribution in [3.8, 4) is 5.75 Å². The van der Waals surface area contributed by atoms with Crippen molar-refractivity contribution < 1.29 is 14.3 Å². The number of ether oxygens (including phenoxy) is 2. The van der Waals surface area contributed by atoms with Crippen LogP contribution in [0.15, 0.2) is 48.5 Å². The number of carbonyl (C=O) groups excluding carboxylic acids is 1. The van der Waals surface area contributed by atoms with Crippen LogP contribution < -0.4 is 15.0 Å². The number of rotatable bonds is 8. The lowest BCUT2D eigenvalue weighted by Gasteiger charge is -2.28. The molecule has 1 amide bonds. The molecule has 5 nitrogen and oxygen atoms in total. The molecule has 3 rings (SSSR count). The number of morpholine rings is 1. The van der Waals surface area contributed by atoms with Gasteiger partial charge < -0.3 is 19.7 Å². The van der Waals surface area contributed by atoms with Gasteiger partial charge in [0, 0.05) is 25.3 Å². The van der Waals surface area contributed by atoms with Crippen LogP contribution in [0.25, 0.3) is 0 Å². The number of carbonyl (C=O) groups is 1. The first-order valence-corrected chi connectivity index (χ1v) is 9.58. The fourth-order valence-electron chi connectivity index (χ4n) is 3.05. The Balaban J connectivity index is 1.32. The third kappa shape index (κ3) is 6.29. The van der Waals surface area contributed by atoms with E-state index in [4.69, 9.17) is 9.47 Å². The van der Waals surface area contributed by atoms with Crippen LogP contribution in [0.5, 0.6) is 5.75 Å². The van der Waals surface area contributed by atoms with E-state index in [1.165, 1.54) is 16.8 Å². The summed E-state index contributed by atoms with van der Waals surface area (Å²) in [6.45, 7) is 6.24. The minimum absolute atomic E-state index is 0.0529. The first kappa shape index (κ1) is 19.2. The number of nitrogens with zero attached hydrogens (tertiary/aromatic N) is 1. The van der Waals surface area contributed by atoms with Gasteiger partial charge in [0.1, 0.15) is 5.75 Å².